The standard InChI is InChI=1S/C13H16Cl2FNO/c1-13(2,6-7-14)8-17-12(18)11-9(15)4-3-5-10(11)16/h3-5H,6-8H2,1-2H3,(H,17,18). The molecule has 1 amide bonds. The Morgan fingerprint density at radius 1 is 1.44 bits per heavy atom. The molecule has 0 heterocycles. The average Bonchev–Trinajstić information content (AvgIpc) is 2.26. The van der Waals surface area contributed by atoms with Crippen LogP contribution in [0.5, 0.6) is 0 Å². The third kappa shape index (κ3) is 4.14. The molecule has 1 N–H and O–H groups in total. The van der Waals surface area contributed by atoms with E-state index in [-0.39, 0.29) is 16.0 Å². The number of nitrogens with one attached hydrogen (secondary N) is 1. The zero-order valence-electron chi connectivity index (χ0n) is 10.4. The Morgan fingerprint density at radius 3 is 2.67 bits per heavy atom. The van der Waals surface area contributed by atoms with Gasteiger partial charge in [0.25, 0.3) is 5.91 Å². The SMILES string of the molecule is CC(C)(CCCl)CNC(=O)c1c(F)cccc1Cl. The summed E-state index contributed by atoms with van der Waals surface area (Å²) in [5.74, 6) is -0.598. The first-order valence-corrected chi connectivity index (χ1v) is 6.57. The van der Waals surface area contributed by atoms with Crippen LogP contribution in [0.1, 0.15) is 30.6 Å². The number of benzene rings is 1. The Morgan fingerprint density at radius 2 is 2.11 bits per heavy atom. The van der Waals surface area contributed by atoms with Crippen molar-refractivity contribution in [1.82, 2.24) is 5.32 Å². The van der Waals surface area contributed by atoms with Crippen LogP contribution in [-0.4, -0.2) is 18.3 Å². The summed E-state index contributed by atoms with van der Waals surface area (Å²) in [6.07, 6.45) is 0.764. The maximum absolute atomic E-state index is 13.5. The van der Waals surface area contributed by atoms with Crippen LogP contribution in [0.3, 0.4) is 0 Å². The van der Waals surface area contributed by atoms with Crippen LogP contribution < -0.4 is 5.32 Å². The lowest BCUT2D eigenvalue weighted by Crippen LogP contribution is -2.34. The second kappa shape index (κ2) is 6.39. The fraction of sp³-hybridized carbons (Fsp3) is 0.462. The smallest absolute Gasteiger partial charge is 0.255 e. The number of carbonyl (C=O) groups is 1. The molecule has 1 aromatic carbocycles. The summed E-state index contributed by atoms with van der Waals surface area (Å²) in [4.78, 5) is 11.9. The van der Waals surface area contributed by atoms with E-state index in [4.69, 9.17) is 23.2 Å². The molecule has 2 nitrogen and oxygen atoms in total. The summed E-state index contributed by atoms with van der Waals surface area (Å²) in [7, 11) is 0. The molecule has 0 aliphatic heterocycles. The summed E-state index contributed by atoms with van der Waals surface area (Å²) < 4.78 is 13.5. The lowest BCUT2D eigenvalue weighted by atomic mass is 9.90. The molecular weight excluding hydrogens is 276 g/mol. The molecule has 0 unspecified atom stereocenters. The molecule has 18 heavy (non-hydrogen) atoms. The highest BCUT2D eigenvalue weighted by Gasteiger charge is 2.21. The predicted octanol–water partition coefficient (Wildman–Crippen LogP) is 3.86. The predicted molar refractivity (Wildman–Crippen MR) is 72.9 cm³/mol. The number of alkyl halides is 1. The van der Waals surface area contributed by atoms with E-state index in [1.807, 2.05) is 13.8 Å². The van der Waals surface area contributed by atoms with Crippen LogP contribution in [0.4, 0.5) is 4.39 Å². The normalized spacial score (nSPS) is 11.4. The van der Waals surface area contributed by atoms with Gasteiger partial charge in [-0.1, -0.05) is 31.5 Å². The number of carbonyl (C=O) groups excluding carboxylic acids is 1. The van der Waals surface area contributed by atoms with Crippen molar-refractivity contribution >= 4 is 29.1 Å². The van der Waals surface area contributed by atoms with Gasteiger partial charge in [-0.3, -0.25) is 4.79 Å². The van der Waals surface area contributed by atoms with Gasteiger partial charge in [-0.2, -0.15) is 0 Å². The summed E-state index contributed by atoms with van der Waals surface area (Å²) in [5, 5.41) is 2.80. The third-order valence-corrected chi connectivity index (χ3v) is 3.19. The zero-order valence-corrected chi connectivity index (χ0v) is 11.9. The molecule has 0 fully saturated rings. The Hall–Kier alpha value is -0.800. The molecule has 0 saturated heterocycles. The van der Waals surface area contributed by atoms with Gasteiger partial charge >= 0.3 is 0 Å². The van der Waals surface area contributed by atoms with Crippen molar-refractivity contribution in [3.8, 4) is 0 Å². The Bertz CT molecular complexity index is 415. The number of hydrogen-bond acceptors (Lipinski definition) is 1. The molecule has 0 aliphatic rings. The molecule has 0 atom stereocenters. The molecule has 0 radical (unpaired) electrons. The number of hydrogen-bond donors (Lipinski definition) is 1. The van der Waals surface area contributed by atoms with Crippen molar-refractivity contribution in [3.05, 3.63) is 34.6 Å². The quantitative estimate of drug-likeness (QED) is 0.820. The molecule has 0 bridgehead atoms. The molecule has 100 valence electrons. The average molecular weight is 292 g/mol. The van der Waals surface area contributed by atoms with Crippen LogP contribution in [0.15, 0.2) is 18.2 Å². The minimum absolute atomic E-state index is 0.110. The van der Waals surface area contributed by atoms with Crippen LogP contribution in [0, 0.1) is 11.2 Å². The van der Waals surface area contributed by atoms with Gasteiger partial charge in [0.15, 0.2) is 0 Å². The van der Waals surface area contributed by atoms with Gasteiger partial charge in [0, 0.05) is 12.4 Å². The summed E-state index contributed by atoms with van der Waals surface area (Å²) >= 11 is 11.5. The monoisotopic (exact) mass is 291 g/mol. The molecule has 1 aromatic rings. The fourth-order valence-corrected chi connectivity index (χ4v) is 2.23. The second-order valence-electron chi connectivity index (χ2n) is 4.88. The summed E-state index contributed by atoms with van der Waals surface area (Å²) in [6.45, 7) is 4.39. The van der Waals surface area contributed by atoms with Gasteiger partial charge in [0.2, 0.25) is 0 Å². The van der Waals surface area contributed by atoms with E-state index in [9.17, 15) is 9.18 Å². The second-order valence-corrected chi connectivity index (χ2v) is 5.67. The van der Waals surface area contributed by atoms with Crippen LogP contribution >= 0.6 is 23.2 Å². The molecule has 0 aromatic heterocycles. The van der Waals surface area contributed by atoms with E-state index >= 15 is 0 Å². The first kappa shape index (κ1) is 15.3. The Labute approximate surface area is 116 Å². The van der Waals surface area contributed by atoms with Gasteiger partial charge in [-0.15, -0.1) is 11.6 Å². The molecular formula is C13H16Cl2FNO. The number of amides is 1. The Balaban J connectivity index is 2.72. The maximum atomic E-state index is 13.5. The first-order valence-electron chi connectivity index (χ1n) is 5.65. The third-order valence-electron chi connectivity index (χ3n) is 2.69. The molecule has 0 spiro atoms. The van der Waals surface area contributed by atoms with Gasteiger partial charge in [0.1, 0.15) is 5.82 Å². The zero-order chi connectivity index (χ0) is 13.8. The summed E-state index contributed by atoms with van der Waals surface area (Å²) in [6, 6.07) is 4.17. The van der Waals surface area contributed by atoms with Gasteiger partial charge in [-0.25, -0.2) is 4.39 Å². The lowest BCUT2D eigenvalue weighted by molar-refractivity contribution is 0.0932. The highest BCUT2D eigenvalue weighted by Crippen LogP contribution is 2.21. The van der Waals surface area contributed by atoms with Crippen molar-refractivity contribution in [1.29, 1.82) is 0 Å². The van der Waals surface area contributed by atoms with E-state index in [0.29, 0.717) is 12.4 Å². The van der Waals surface area contributed by atoms with E-state index in [0.717, 1.165) is 6.42 Å². The highest BCUT2D eigenvalue weighted by molar-refractivity contribution is 6.33. The van der Waals surface area contributed by atoms with Crippen molar-refractivity contribution in [3.63, 3.8) is 0 Å². The number of rotatable bonds is 5. The molecule has 0 saturated carbocycles. The summed E-state index contributed by atoms with van der Waals surface area (Å²) in [5.41, 5.74) is -0.240. The van der Waals surface area contributed by atoms with Crippen LogP contribution in [0.2, 0.25) is 5.02 Å². The fourth-order valence-electron chi connectivity index (χ4n) is 1.47. The topological polar surface area (TPSA) is 29.1 Å². The number of halogens is 3. The minimum atomic E-state index is -0.616. The van der Waals surface area contributed by atoms with E-state index in [2.05, 4.69) is 5.32 Å². The van der Waals surface area contributed by atoms with Crippen LogP contribution in [-0.2, 0) is 0 Å². The van der Waals surface area contributed by atoms with E-state index in [1.165, 1.54) is 18.2 Å². The van der Waals surface area contributed by atoms with Crippen molar-refractivity contribution in [2.45, 2.75) is 20.3 Å². The lowest BCUT2D eigenvalue weighted by Gasteiger charge is -2.23. The first-order chi connectivity index (χ1) is 8.37. The minimum Gasteiger partial charge on any atom is -0.351 e. The van der Waals surface area contributed by atoms with Crippen LogP contribution in [0.25, 0.3) is 0 Å². The molecule has 5 heteroatoms. The van der Waals surface area contributed by atoms with Gasteiger partial charge in [-0.05, 0) is 24.0 Å². The van der Waals surface area contributed by atoms with Gasteiger partial charge in [0.05, 0.1) is 10.6 Å². The molecule has 0 aliphatic carbocycles. The van der Waals surface area contributed by atoms with Crippen molar-refractivity contribution < 1.29 is 9.18 Å². The van der Waals surface area contributed by atoms with E-state index in [1.54, 1.807) is 0 Å². The Kier molecular flexibility index (Phi) is 5.42. The van der Waals surface area contributed by atoms with Crippen molar-refractivity contribution in [2.24, 2.45) is 5.41 Å². The van der Waals surface area contributed by atoms with Crippen molar-refractivity contribution in [2.75, 3.05) is 12.4 Å². The highest BCUT2D eigenvalue weighted by atomic mass is 35.5. The maximum Gasteiger partial charge on any atom is 0.255 e. The van der Waals surface area contributed by atoms with Gasteiger partial charge < -0.3 is 5.32 Å². The van der Waals surface area contributed by atoms with E-state index < -0.39 is 11.7 Å². The molecule has 1 rings (SSSR count). The largest absolute Gasteiger partial charge is 0.351 e.